The number of benzene rings is 3. The molecule has 1 saturated heterocycles. The molecule has 1 unspecified atom stereocenters. The minimum Gasteiger partial charge on any atom is -0.508 e. The lowest BCUT2D eigenvalue weighted by Crippen LogP contribution is -2.35. The number of fused-ring (bicyclic) bond motifs is 1. The highest BCUT2D eigenvalue weighted by atomic mass is 32.1. The molecule has 3 heterocycles. The third-order valence-corrected chi connectivity index (χ3v) is 8.75. The van der Waals surface area contributed by atoms with Crippen molar-refractivity contribution >= 4 is 22.5 Å². The van der Waals surface area contributed by atoms with Gasteiger partial charge in [0.05, 0.1) is 10.4 Å². The fourth-order valence-electron chi connectivity index (χ4n) is 5.68. The Kier molecular flexibility index (Phi) is 7.15. The molecule has 200 valence electrons. The lowest BCUT2D eigenvalue weighted by molar-refractivity contribution is 0.169. The summed E-state index contributed by atoms with van der Waals surface area (Å²) in [6.45, 7) is 9.68. The standard InChI is InChI=1S/C33H34N2O3S/c1-21-13-14-35(18-21)22(2)19-37-28-10-7-24(8-11-28)33-32(26-5-4-6-27(36)15-26)23(3)29-12-9-25(16-30(29)38-33)31-17-34-20-39-31/h4-12,15-17,20-22,33,36H,13-14,18-19H2,1-3H3/t21-,22+,33?/m1/s1. The lowest BCUT2D eigenvalue weighted by atomic mass is 9.85. The molecule has 1 N–H and O–H groups in total. The third-order valence-electron chi connectivity index (χ3n) is 7.92. The zero-order valence-corrected chi connectivity index (χ0v) is 23.4. The minimum atomic E-state index is -0.324. The van der Waals surface area contributed by atoms with E-state index in [2.05, 4.69) is 61.0 Å². The molecule has 4 aromatic rings. The van der Waals surface area contributed by atoms with Crippen LogP contribution in [-0.4, -0.2) is 40.7 Å². The van der Waals surface area contributed by atoms with E-state index in [1.54, 1.807) is 17.4 Å². The van der Waals surface area contributed by atoms with Crippen LogP contribution >= 0.6 is 11.3 Å². The van der Waals surface area contributed by atoms with E-state index in [0.717, 1.165) is 68.8 Å². The Morgan fingerprint density at radius 2 is 1.95 bits per heavy atom. The SMILES string of the molecule is CC1=C(c2cccc(O)c2)C(c2ccc(OC[C@H](C)N3CC[C@@H](C)C3)cc2)Oc2cc(-c3cncs3)ccc21. The molecule has 0 aliphatic carbocycles. The van der Waals surface area contributed by atoms with Gasteiger partial charge in [-0.25, -0.2) is 0 Å². The molecule has 6 heteroatoms. The van der Waals surface area contributed by atoms with E-state index in [1.807, 2.05) is 42.0 Å². The van der Waals surface area contributed by atoms with Crippen LogP contribution in [0.4, 0.5) is 0 Å². The van der Waals surface area contributed by atoms with E-state index < -0.39 is 0 Å². The number of ether oxygens (including phenoxy) is 2. The van der Waals surface area contributed by atoms with Crippen LogP contribution in [-0.2, 0) is 0 Å². The molecular formula is C33H34N2O3S. The number of aromatic hydroxyl groups is 1. The summed E-state index contributed by atoms with van der Waals surface area (Å²) in [4.78, 5) is 7.86. The highest BCUT2D eigenvalue weighted by Gasteiger charge is 2.30. The third kappa shape index (κ3) is 5.32. The van der Waals surface area contributed by atoms with Crippen molar-refractivity contribution in [2.24, 2.45) is 5.92 Å². The average molecular weight is 539 g/mol. The Morgan fingerprint density at radius 1 is 1.10 bits per heavy atom. The number of phenolic OH excluding ortho intramolecular Hbond substituents is 1. The summed E-state index contributed by atoms with van der Waals surface area (Å²) < 4.78 is 12.9. The van der Waals surface area contributed by atoms with Crippen molar-refractivity contribution in [3.63, 3.8) is 0 Å². The fraction of sp³-hybridized carbons (Fsp3) is 0.303. The molecule has 2 aliphatic heterocycles. The van der Waals surface area contributed by atoms with Gasteiger partial charge in [0, 0.05) is 29.9 Å². The molecule has 0 amide bonds. The Hall–Kier alpha value is -3.61. The predicted molar refractivity (Wildman–Crippen MR) is 158 cm³/mol. The highest BCUT2D eigenvalue weighted by Crippen LogP contribution is 2.48. The summed E-state index contributed by atoms with van der Waals surface area (Å²) in [5, 5.41) is 10.3. The van der Waals surface area contributed by atoms with Crippen LogP contribution in [0.3, 0.4) is 0 Å². The highest BCUT2D eigenvalue weighted by molar-refractivity contribution is 7.13. The molecule has 5 nitrogen and oxygen atoms in total. The number of nitrogens with zero attached hydrogens (tertiary/aromatic N) is 2. The smallest absolute Gasteiger partial charge is 0.150 e. The number of aromatic nitrogens is 1. The van der Waals surface area contributed by atoms with Gasteiger partial charge in [-0.05, 0) is 85.3 Å². The van der Waals surface area contributed by atoms with Crippen LogP contribution in [0.25, 0.3) is 21.6 Å². The molecule has 2 aliphatic rings. The quantitative estimate of drug-likeness (QED) is 0.261. The summed E-state index contributed by atoms with van der Waals surface area (Å²) in [5.41, 5.74) is 8.17. The second kappa shape index (κ2) is 10.9. The van der Waals surface area contributed by atoms with Gasteiger partial charge in [-0.3, -0.25) is 9.88 Å². The maximum atomic E-state index is 10.3. The summed E-state index contributed by atoms with van der Waals surface area (Å²) in [7, 11) is 0. The monoisotopic (exact) mass is 538 g/mol. The van der Waals surface area contributed by atoms with Gasteiger partial charge >= 0.3 is 0 Å². The molecule has 6 rings (SSSR count). The first-order valence-corrected chi connectivity index (χ1v) is 14.5. The van der Waals surface area contributed by atoms with E-state index in [9.17, 15) is 5.11 Å². The number of likely N-dealkylation sites (tertiary alicyclic amines) is 1. The first kappa shape index (κ1) is 25.7. The van der Waals surface area contributed by atoms with E-state index in [1.165, 1.54) is 6.42 Å². The zero-order valence-electron chi connectivity index (χ0n) is 22.6. The molecule has 0 bridgehead atoms. The van der Waals surface area contributed by atoms with Crippen molar-refractivity contribution in [3.05, 3.63) is 95.1 Å². The minimum absolute atomic E-state index is 0.239. The first-order valence-electron chi connectivity index (χ1n) is 13.6. The van der Waals surface area contributed by atoms with E-state index >= 15 is 0 Å². The number of hydrogen-bond acceptors (Lipinski definition) is 6. The van der Waals surface area contributed by atoms with Crippen LogP contribution in [0.15, 0.2) is 78.4 Å². The van der Waals surface area contributed by atoms with Gasteiger partial charge in [-0.2, -0.15) is 0 Å². The van der Waals surface area contributed by atoms with Gasteiger partial charge in [-0.15, -0.1) is 11.3 Å². The van der Waals surface area contributed by atoms with Crippen molar-refractivity contribution < 1.29 is 14.6 Å². The normalized spacial score (nSPS) is 20.0. The van der Waals surface area contributed by atoms with Crippen LogP contribution in [0, 0.1) is 5.92 Å². The Bertz CT molecular complexity index is 1480. The number of rotatable bonds is 7. The Labute approximate surface area is 234 Å². The van der Waals surface area contributed by atoms with Crippen molar-refractivity contribution in [2.45, 2.75) is 39.3 Å². The molecule has 1 aromatic heterocycles. The van der Waals surface area contributed by atoms with Gasteiger partial charge in [0.15, 0.2) is 0 Å². The molecule has 3 atom stereocenters. The van der Waals surface area contributed by atoms with Crippen molar-refractivity contribution in [3.8, 4) is 27.7 Å². The van der Waals surface area contributed by atoms with Crippen molar-refractivity contribution in [2.75, 3.05) is 19.7 Å². The molecule has 0 spiro atoms. The maximum absolute atomic E-state index is 10.3. The first-order chi connectivity index (χ1) is 19.0. The largest absolute Gasteiger partial charge is 0.508 e. The van der Waals surface area contributed by atoms with Crippen molar-refractivity contribution in [1.29, 1.82) is 0 Å². The van der Waals surface area contributed by atoms with Crippen LogP contribution in [0.1, 0.15) is 50.0 Å². The molecule has 1 fully saturated rings. The molecule has 3 aromatic carbocycles. The van der Waals surface area contributed by atoms with E-state index in [0.29, 0.717) is 12.6 Å². The van der Waals surface area contributed by atoms with E-state index in [-0.39, 0.29) is 11.9 Å². The lowest BCUT2D eigenvalue weighted by Gasteiger charge is -2.31. The average Bonchev–Trinajstić information content (AvgIpc) is 3.64. The van der Waals surface area contributed by atoms with Gasteiger partial charge < -0.3 is 14.6 Å². The number of allylic oxidation sites excluding steroid dienone is 1. The number of thiazole rings is 1. The summed E-state index contributed by atoms with van der Waals surface area (Å²) in [6, 6.07) is 22.4. The van der Waals surface area contributed by atoms with Gasteiger partial charge in [0.25, 0.3) is 0 Å². The van der Waals surface area contributed by atoms with Crippen LogP contribution in [0.2, 0.25) is 0 Å². The molecule has 39 heavy (non-hydrogen) atoms. The van der Waals surface area contributed by atoms with E-state index in [4.69, 9.17) is 9.47 Å². The second-order valence-corrected chi connectivity index (χ2v) is 11.7. The van der Waals surface area contributed by atoms with Crippen molar-refractivity contribution in [1.82, 2.24) is 9.88 Å². The second-order valence-electron chi connectivity index (χ2n) is 10.8. The predicted octanol–water partition coefficient (Wildman–Crippen LogP) is 7.69. The Balaban J connectivity index is 1.30. The topological polar surface area (TPSA) is 54.8 Å². The number of phenols is 1. The fourth-order valence-corrected chi connectivity index (χ4v) is 6.30. The summed E-state index contributed by atoms with van der Waals surface area (Å²) in [5.74, 6) is 2.72. The van der Waals surface area contributed by atoms with Gasteiger partial charge in [0.1, 0.15) is 30.0 Å². The van der Waals surface area contributed by atoms with Crippen LogP contribution < -0.4 is 9.47 Å². The maximum Gasteiger partial charge on any atom is 0.150 e. The van der Waals surface area contributed by atoms with Crippen LogP contribution in [0.5, 0.6) is 17.2 Å². The molecule has 0 radical (unpaired) electrons. The van der Waals surface area contributed by atoms with Gasteiger partial charge in [-0.1, -0.05) is 43.3 Å². The zero-order chi connectivity index (χ0) is 26.9. The summed E-state index contributed by atoms with van der Waals surface area (Å²) in [6.07, 6.45) is 2.83. The number of hydrogen-bond donors (Lipinski definition) is 1. The summed E-state index contributed by atoms with van der Waals surface area (Å²) >= 11 is 1.62. The molecular weight excluding hydrogens is 504 g/mol. The Morgan fingerprint density at radius 3 is 2.67 bits per heavy atom. The molecule has 0 saturated carbocycles. The van der Waals surface area contributed by atoms with Gasteiger partial charge in [0.2, 0.25) is 0 Å².